The summed E-state index contributed by atoms with van der Waals surface area (Å²) in [6.07, 6.45) is 66.2. The predicted molar refractivity (Wildman–Crippen MR) is 342 cm³/mol. The monoisotopic (exact) mass is 1150 g/mol. The fourth-order valence-electron chi connectivity index (χ4n) is 10.2. The molecule has 8 unspecified atom stereocenters. The van der Waals surface area contributed by atoms with Crippen molar-refractivity contribution in [3.8, 4) is 0 Å². The van der Waals surface area contributed by atoms with Gasteiger partial charge in [-0.15, -0.1) is 0 Å². The molecule has 0 aliphatic carbocycles. The highest BCUT2D eigenvalue weighted by atomic mass is 16.7. The lowest BCUT2D eigenvalue weighted by atomic mass is 9.99. The van der Waals surface area contributed by atoms with E-state index in [1.165, 1.54) is 141 Å². The van der Waals surface area contributed by atoms with E-state index in [9.17, 15) is 35.1 Å². The first-order valence-electron chi connectivity index (χ1n) is 33.9. The van der Waals surface area contributed by atoms with Gasteiger partial charge in [-0.05, 0) is 96.3 Å². The summed E-state index contributed by atoms with van der Waals surface area (Å²) in [6, 6.07) is -1.03. The molecular formula is C71H125NO10. The number of carbonyl (C=O) groups excluding carboxylic acids is 2. The van der Waals surface area contributed by atoms with E-state index >= 15 is 0 Å². The van der Waals surface area contributed by atoms with Crippen molar-refractivity contribution in [1.82, 2.24) is 5.32 Å². The minimum Gasteiger partial charge on any atom is -0.454 e. The third kappa shape index (κ3) is 45.2. The van der Waals surface area contributed by atoms with E-state index in [4.69, 9.17) is 14.2 Å². The SMILES string of the molecule is CC/C=C\C/C=C\C/C=C\C/C=C\C/C=C\CCCCCCCCCCCCC(O)C(=O)NC(COC1OC(CO)C(O)C(O)C1OC(=O)CCCCC/C=C\CCCCCCCCC)C(O)/C=C/CCCCCCCCCCCCC. The molecule has 11 nitrogen and oxygen atoms in total. The molecule has 0 aromatic rings. The van der Waals surface area contributed by atoms with Gasteiger partial charge in [0.1, 0.15) is 24.4 Å². The molecule has 11 heteroatoms. The highest BCUT2D eigenvalue weighted by Gasteiger charge is 2.47. The van der Waals surface area contributed by atoms with E-state index in [1.54, 1.807) is 6.08 Å². The number of ether oxygens (including phenoxy) is 3. The molecule has 0 aromatic carbocycles. The zero-order valence-electron chi connectivity index (χ0n) is 52.6. The summed E-state index contributed by atoms with van der Waals surface area (Å²) >= 11 is 0. The van der Waals surface area contributed by atoms with Gasteiger partial charge in [-0.3, -0.25) is 9.59 Å². The Labute approximate surface area is 502 Å². The van der Waals surface area contributed by atoms with Crippen LogP contribution in [0.1, 0.15) is 290 Å². The highest BCUT2D eigenvalue weighted by molar-refractivity contribution is 5.80. The van der Waals surface area contributed by atoms with E-state index < -0.39 is 67.4 Å². The molecule has 0 bridgehead atoms. The van der Waals surface area contributed by atoms with Gasteiger partial charge in [-0.1, -0.05) is 273 Å². The predicted octanol–water partition coefficient (Wildman–Crippen LogP) is 16.9. The van der Waals surface area contributed by atoms with Gasteiger partial charge in [0, 0.05) is 6.42 Å². The third-order valence-corrected chi connectivity index (χ3v) is 15.5. The number of esters is 1. The lowest BCUT2D eigenvalue weighted by Crippen LogP contribution is -2.61. The lowest BCUT2D eigenvalue weighted by Gasteiger charge is -2.41. The summed E-state index contributed by atoms with van der Waals surface area (Å²) in [5.41, 5.74) is 0. The number of nitrogens with one attached hydrogen (secondary N) is 1. The summed E-state index contributed by atoms with van der Waals surface area (Å²) in [5, 5.41) is 57.1. The van der Waals surface area contributed by atoms with Crippen molar-refractivity contribution in [2.24, 2.45) is 0 Å². The molecule has 1 aliphatic heterocycles. The number of carbonyl (C=O) groups is 2. The topological polar surface area (TPSA) is 175 Å². The first-order chi connectivity index (χ1) is 40.2. The molecule has 6 N–H and O–H groups in total. The molecule has 1 heterocycles. The number of aliphatic hydroxyl groups excluding tert-OH is 5. The molecule has 0 spiro atoms. The Hall–Kier alpha value is -3.16. The summed E-state index contributed by atoms with van der Waals surface area (Å²) in [7, 11) is 0. The average Bonchev–Trinajstić information content (AvgIpc) is 3.55. The van der Waals surface area contributed by atoms with E-state index in [0.717, 1.165) is 103 Å². The molecule has 1 aliphatic rings. The smallest absolute Gasteiger partial charge is 0.306 e. The molecule has 1 amide bonds. The van der Waals surface area contributed by atoms with Crippen LogP contribution in [0.3, 0.4) is 0 Å². The molecule has 1 saturated heterocycles. The maximum Gasteiger partial charge on any atom is 0.306 e. The first kappa shape index (κ1) is 76.9. The molecule has 0 radical (unpaired) electrons. The van der Waals surface area contributed by atoms with Crippen LogP contribution in [-0.4, -0.2) is 99.6 Å². The number of allylic oxidation sites excluding steroid dienone is 13. The van der Waals surface area contributed by atoms with Crippen LogP contribution >= 0.6 is 0 Å². The summed E-state index contributed by atoms with van der Waals surface area (Å²) in [6.45, 7) is 5.68. The van der Waals surface area contributed by atoms with Gasteiger partial charge in [-0.2, -0.15) is 0 Å². The Morgan fingerprint density at radius 2 is 0.878 bits per heavy atom. The average molecular weight is 1150 g/mol. The second-order valence-electron chi connectivity index (χ2n) is 23.2. The molecule has 474 valence electrons. The van der Waals surface area contributed by atoms with Crippen LogP contribution in [0.25, 0.3) is 0 Å². The van der Waals surface area contributed by atoms with Crippen molar-refractivity contribution >= 4 is 11.9 Å². The van der Waals surface area contributed by atoms with Gasteiger partial charge < -0.3 is 45.1 Å². The van der Waals surface area contributed by atoms with E-state index in [-0.39, 0.29) is 19.4 Å². The fraction of sp³-hybridized carbons (Fsp3) is 0.775. The number of hydrogen-bond donors (Lipinski definition) is 6. The van der Waals surface area contributed by atoms with Crippen molar-refractivity contribution in [3.63, 3.8) is 0 Å². The molecule has 0 aromatic heterocycles. The van der Waals surface area contributed by atoms with Gasteiger partial charge in [0.2, 0.25) is 5.91 Å². The number of aliphatic hydroxyl groups is 5. The van der Waals surface area contributed by atoms with Crippen molar-refractivity contribution in [1.29, 1.82) is 0 Å². The van der Waals surface area contributed by atoms with Crippen molar-refractivity contribution in [3.05, 3.63) is 85.1 Å². The maximum absolute atomic E-state index is 13.5. The number of unbranched alkanes of at least 4 members (excludes halogenated alkanes) is 31. The fourth-order valence-corrected chi connectivity index (χ4v) is 10.2. The zero-order chi connectivity index (χ0) is 59.6. The molecule has 8 atom stereocenters. The second-order valence-corrected chi connectivity index (χ2v) is 23.2. The standard InChI is InChI=1S/C71H125NO10/c1-4-7-10-13-16-19-22-25-27-28-29-30-31-32-33-34-35-36-37-38-40-43-46-49-52-55-58-64(75)70(79)72-62(63(74)57-54-51-48-45-42-39-24-21-18-15-12-9-6-3)61-80-71-69(68(78)67(77)65(60-73)81-71)82-66(76)59-56-53-50-47-44-41-26-23-20-17-14-11-8-5-2/h7,10,16,19,25,27,29-30,32-33,41,44,54,57,62-65,67-69,71,73-75,77-78H,4-6,8-9,11-15,17-18,20-24,26,28,31,34-40,42-43,45-53,55-56,58-61H2,1-3H3,(H,72,79)/b10-7-,19-16-,27-25-,30-29-,33-32-,44-41-,57-54+. The van der Waals surface area contributed by atoms with Gasteiger partial charge in [0.25, 0.3) is 0 Å². The largest absolute Gasteiger partial charge is 0.454 e. The Morgan fingerprint density at radius 1 is 0.488 bits per heavy atom. The number of amides is 1. The van der Waals surface area contributed by atoms with Crippen LogP contribution in [0, 0.1) is 0 Å². The van der Waals surface area contributed by atoms with Crippen molar-refractivity contribution < 1.29 is 49.3 Å². The van der Waals surface area contributed by atoms with Crippen LogP contribution < -0.4 is 5.32 Å². The quantitative estimate of drug-likeness (QED) is 0.0195. The molecule has 1 rings (SSSR count). The normalized spacial score (nSPS) is 19.1. The van der Waals surface area contributed by atoms with Gasteiger partial charge in [0.05, 0.1) is 25.4 Å². The van der Waals surface area contributed by atoms with Crippen LogP contribution in [0.2, 0.25) is 0 Å². The van der Waals surface area contributed by atoms with E-state index in [2.05, 4.69) is 99.0 Å². The zero-order valence-corrected chi connectivity index (χ0v) is 52.6. The first-order valence-corrected chi connectivity index (χ1v) is 33.9. The van der Waals surface area contributed by atoms with Gasteiger partial charge >= 0.3 is 5.97 Å². The molecule has 0 saturated carbocycles. The van der Waals surface area contributed by atoms with Crippen LogP contribution in [-0.2, 0) is 23.8 Å². The van der Waals surface area contributed by atoms with Crippen LogP contribution in [0.5, 0.6) is 0 Å². The molecular weight excluding hydrogens is 1030 g/mol. The second kappa shape index (κ2) is 58.2. The van der Waals surface area contributed by atoms with E-state index in [0.29, 0.717) is 12.8 Å². The maximum atomic E-state index is 13.5. The Morgan fingerprint density at radius 3 is 1.33 bits per heavy atom. The Kier molecular flexibility index (Phi) is 54.6. The van der Waals surface area contributed by atoms with Crippen molar-refractivity contribution in [2.75, 3.05) is 13.2 Å². The highest BCUT2D eigenvalue weighted by Crippen LogP contribution is 2.26. The number of rotatable bonds is 57. The molecule has 82 heavy (non-hydrogen) atoms. The van der Waals surface area contributed by atoms with Gasteiger partial charge in [-0.25, -0.2) is 0 Å². The minimum atomic E-state index is -1.62. The summed E-state index contributed by atoms with van der Waals surface area (Å²) in [5.74, 6) is -1.21. The van der Waals surface area contributed by atoms with Crippen molar-refractivity contribution in [2.45, 2.75) is 339 Å². The summed E-state index contributed by atoms with van der Waals surface area (Å²) in [4.78, 5) is 26.6. The molecule has 1 fully saturated rings. The Balaban J connectivity index is 2.61. The van der Waals surface area contributed by atoms with Crippen LogP contribution in [0.15, 0.2) is 85.1 Å². The minimum absolute atomic E-state index is 0.102. The summed E-state index contributed by atoms with van der Waals surface area (Å²) < 4.78 is 17.6. The van der Waals surface area contributed by atoms with Gasteiger partial charge in [0.15, 0.2) is 12.4 Å². The van der Waals surface area contributed by atoms with Crippen LogP contribution in [0.4, 0.5) is 0 Å². The lowest BCUT2D eigenvalue weighted by molar-refractivity contribution is -0.305. The third-order valence-electron chi connectivity index (χ3n) is 15.5. The Bertz CT molecular complexity index is 1660. The number of hydrogen-bond acceptors (Lipinski definition) is 10. The van der Waals surface area contributed by atoms with E-state index in [1.807, 2.05) is 6.08 Å².